The predicted molar refractivity (Wildman–Crippen MR) is 58.3 cm³/mol. The lowest BCUT2D eigenvalue weighted by Gasteiger charge is -2.27. The van der Waals surface area contributed by atoms with Gasteiger partial charge in [-0.15, -0.1) is 0 Å². The Labute approximate surface area is 90.0 Å². The molecule has 0 aliphatic carbocycles. The van der Waals surface area contributed by atoms with Crippen molar-refractivity contribution in [1.29, 1.82) is 0 Å². The Hall–Kier alpha value is -0.900. The van der Waals surface area contributed by atoms with Crippen LogP contribution in [-0.4, -0.2) is 28.2 Å². The van der Waals surface area contributed by atoms with Crippen LogP contribution < -0.4 is 0 Å². The Kier molecular flexibility index (Phi) is 3.05. The first-order valence-corrected chi connectivity index (χ1v) is 5.41. The minimum Gasteiger partial charge on any atom is -0.364 e. The second-order valence-corrected chi connectivity index (χ2v) is 4.02. The normalized spacial score (nSPS) is 16.8. The number of benzene rings is 1. The first-order chi connectivity index (χ1) is 7.20. The first kappa shape index (κ1) is 10.6. The summed E-state index contributed by atoms with van der Waals surface area (Å²) < 4.78 is 0. The molecular formula is C12H17NO2. The fourth-order valence-electron chi connectivity index (χ4n) is 2.06. The number of likely N-dealkylation sites (N-methyl/N-ethyl adjacent to an activating group) is 1. The van der Waals surface area contributed by atoms with Crippen molar-refractivity contribution in [2.24, 2.45) is 0 Å². The average Bonchev–Trinajstić information content (AvgIpc) is 2.27. The standard InChI is InChI=1S/C12H17NO2/c1-2-13-6-5-9-7-10(12(14)15)3-4-11(9)8-13/h3-4,7,12,14-15H,2,5-6,8H2,1H3. The molecule has 1 aliphatic heterocycles. The molecule has 1 aliphatic rings. The van der Waals surface area contributed by atoms with E-state index in [1.807, 2.05) is 12.1 Å². The minimum atomic E-state index is -1.35. The molecule has 3 heteroatoms. The molecular weight excluding hydrogens is 190 g/mol. The Bertz CT molecular complexity index is 349. The van der Waals surface area contributed by atoms with Crippen LogP contribution in [0.5, 0.6) is 0 Å². The van der Waals surface area contributed by atoms with E-state index in [2.05, 4.69) is 11.8 Å². The van der Waals surface area contributed by atoms with Crippen LogP contribution in [0.25, 0.3) is 0 Å². The zero-order chi connectivity index (χ0) is 10.8. The zero-order valence-corrected chi connectivity index (χ0v) is 8.98. The molecule has 82 valence electrons. The molecule has 0 spiro atoms. The van der Waals surface area contributed by atoms with E-state index in [1.165, 1.54) is 11.1 Å². The quantitative estimate of drug-likeness (QED) is 0.712. The molecule has 0 aromatic heterocycles. The smallest absolute Gasteiger partial charge is 0.178 e. The van der Waals surface area contributed by atoms with E-state index in [4.69, 9.17) is 10.2 Å². The van der Waals surface area contributed by atoms with Gasteiger partial charge in [0.1, 0.15) is 0 Å². The summed E-state index contributed by atoms with van der Waals surface area (Å²) in [5.41, 5.74) is 3.16. The molecule has 0 radical (unpaired) electrons. The van der Waals surface area contributed by atoms with Gasteiger partial charge in [-0.3, -0.25) is 4.90 Å². The molecule has 3 nitrogen and oxygen atoms in total. The lowest BCUT2D eigenvalue weighted by molar-refractivity contribution is -0.0425. The summed E-state index contributed by atoms with van der Waals surface area (Å²) in [7, 11) is 0. The van der Waals surface area contributed by atoms with Gasteiger partial charge in [-0.25, -0.2) is 0 Å². The van der Waals surface area contributed by atoms with E-state index in [0.29, 0.717) is 5.56 Å². The van der Waals surface area contributed by atoms with Gasteiger partial charge in [0.15, 0.2) is 6.29 Å². The van der Waals surface area contributed by atoms with Crippen molar-refractivity contribution in [3.05, 3.63) is 34.9 Å². The van der Waals surface area contributed by atoms with Crippen LogP contribution in [0.1, 0.15) is 29.9 Å². The third-order valence-corrected chi connectivity index (χ3v) is 3.07. The number of rotatable bonds is 2. The van der Waals surface area contributed by atoms with Crippen LogP contribution in [0, 0.1) is 0 Å². The molecule has 0 saturated carbocycles. The van der Waals surface area contributed by atoms with Crippen molar-refractivity contribution in [3.8, 4) is 0 Å². The van der Waals surface area contributed by atoms with Crippen LogP contribution in [0.4, 0.5) is 0 Å². The molecule has 2 N–H and O–H groups in total. The van der Waals surface area contributed by atoms with E-state index in [1.54, 1.807) is 6.07 Å². The number of aliphatic hydroxyl groups is 2. The number of hydrogen-bond acceptors (Lipinski definition) is 3. The first-order valence-electron chi connectivity index (χ1n) is 5.41. The van der Waals surface area contributed by atoms with Gasteiger partial charge in [0.25, 0.3) is 0 Å². The Balaban J connectivity index is 2.24. The van der Waals surface area contributed by atoms with Crippen LogP contribution >= 0.6 is 0 Å². The molecule has 0 bridgehead atoms. The van der Waals surface area contributed by atoms with Gasteiger partial charge in [-0.1, -0.05) is 25.1 Å². The Morgan fingerprint density at radius 3 is 2.80 bits per heavy atom. The fraction of sp³-hybridized carbons (Fsp3) is 0.500. The maximum absolute atomic E-state index is 9.07. The van der Waals surface area contributed by atoms with Crippen molar-refractivity contribution in [3.63, 3.8) is 0 Å². The van der Waals surface area contributed by atoms with Gasteiger partial charge < -0.3 is 10.2 Å². The summed E-state index contributed by atoms with van der Waals surface area (Å²) in [6.45, 7) is 5.28. The number of nitrogens with zero attached hydrogens (tertiary/aromatic N) is 1. The van der Waals surface area contributed by atoms with E-state index < -0.39 is 6.29 Å². The summed E-state index contributed by atoms with van der Waals surface area (Å²) in [6.07, 6.45) is -0.344. The number of fused-ring (bicyclic) bond motifs is 1. The second kappa shape index (κ2) is 4.31. The molecule has 1 aromatic carbocycles. The highest BCUT2D eigenvalue weighted by Crippen LogP contribution is 2.22. The van der Waals surface area contributed by atoms with E-state index >= 15 is 0 Å². The monoisotopic (exact) mass is 207 g/mol. The summed E-state index contributed by atoms with van der Waals surface area (Å²) >= 11 is 0. The minimum absolute atomic E-state index is 0.596. The van der Waals surface area contributed by atoms with Gasteiger partial charge >= 0.3 is 0 Å². The van der Waals surface area contributed by atoms with Crippen LogP contribution in [0.2, 0.25) is 0 Å². The second-order valence-electron chi connectivity index (χ2n) is 4.02. The van der Waals surface area contributed by atoms with E-state index in [0.717, 1.165) is 26.1 Å². The molecule has 0 saturated heterocycles. The summed E-state index contributed by atoms with van der Waals surface area (Å²) in [5, 5.41) is 18.1. The largest absolute Gasteiger partial charge is 0.364 e. The SMILES string of the molecule is CCN1CCc2cc(C(O)O)ccc2C1. The van der Waals surface area contributed by atoms with Crippen molar-refractivity contribution < 1.29 is 10.2 Å². The topological polar surface area (TPSA) is 43.7 Å². The summed E-state index contributed by atoms with van der Waals surface area (Å²) in [5.74, 6) is 0. The molecule has 0 atom stereocenters. The highest BCUT2D eigenvalue weighted by atomic mass is 16.5. The van der Waals surface area contributed by atoms with Crippen molar-refractivity contribution in [1.82, 2.24) is 4.90 Å². The van der Waals surface area contributed by atoms with Gasteiger partial charge in [0.05, 0.1) is 0 Å². The van der Waals surface area contributed by atoms with Crippen LogP contribution in [-0.2, 0) is 13.0 Å². The predicted octanol–water partition coefficient (Wildman–Crippen LogP) is 1.05. The lowest BCUT2D eigenvalue weighted by atomic mass is 9.97. The summed E-state index contributed by atoms with van der Waals surface area (Å²) in [4.78, 5) is 2.39. The molecule has 0 amide bonds. The van der Waals surface area contributed by atoms with E-state index in [9.17, 15) is 0 Å². The summed E-state index contributed by atoms with van der Waals surface area (Å²) in [6, 6.07) is 5.71. The fourth-order valence-corrected chi connectivity index (χ4v) is 2.06. The highest BCUT2D eigenvalue weighted by Gasteiger charge is 2.15. The maximum Gasteiger partial charge on any atom is 0.178 e. The third kappa shape index (κ3) is 2.20. The van der Waals surface area contributed by atoms with E-state index in [-0.39, 0.29) is 0 Å². The molecule has 1 aromatic rings. The average molecular weight is 207 g/mol. The third-order valence-electron chi connectivity index (χ3n) is 3.07. The maximum atomic E-state index is 9.07. The number of aliphatic hydroxyl groups excluding tert-OH is 1. The lowest BCUT2D eigenvalue weighted by Crippen LogP contribution is -2.30. The molecule has 1 heterocycles. The molecule has 0 unspecified atom stereocenters. The van der Waals surface area contributed by atoms with Gasteiger partial charge in [-0.2, -0.15) is 0 Å². The van der Waals surface area contributed by atoms with Crippen LogP contribution in [0.3, 0.4) is 0 Å². The van der Waals surface area contributed by atoms with Gasteiger partial charge in [-0.05, 0) is 24.1 Å². The van der Waals surface area contributed by atoms with Gasteiger partial charge in [0.2, 0.25) is 0 Å². The zero-order valence-electron chi connectivity index (χ0n) is 8.98. The number of hydrogen-bond donors (Lipinski definition) is 2. The Morgan fingerprint density at radius 2 is 2.13 bits per heavy atom. The van der Waals surface area contributed by atoms with Crippen LogP contribution in [0.15, 0.2) is 18.2 Å². The van der Waals surface area contributed by atoms with Crippen molar-refractivity contribution >= 4 is 0 Å². The Morgan fingerprint density at radius 1 is 1.33 bits per heavy atom. The molecule has 2 rings (SSSR count). The van der Waals surface area contributed by atoms with Gasteiger partial charge in [0, 0.05) is 18.7 Å². The molecule has 0 fully saturated rings. The highest BCUT2D eigenvalue weighted by molar-refractivity contribution is 5.34. The molecule has 15 heavy (non-hydrogen) atoms. The van der Waals surface area contributed by atoms with Crippen molar-refractivity contribution in [2.75, 3.05) is 13.1 Å². The van der Waals surface area contributed by atoms with Crippen molar-refractivity contribution in [2.45, 2.75) is 26.2 Å².